The van der Waals surface area contributed by atoms with E-state index in [0.717, 1.165) is 5.56 Å². The molecule has 1 aromatic rings. The summed E-state index contributed by atoms with van der Waals surface area (Å²) in [5.74, 6) is 0.634. The molecule has 4 nitrogen and oxygen atoms in total. The molecular weight excluding hydrogens is 276 g/mol. The molecular formula is C15H23ClN2O2. The first-order valence-corrected chi connectivity index (χ1v) is 6.90. The molecule has 1 atom stereocenters. The standard InChI is InChI=1S/C15H22N2O2.ClH/c16-10-14(13-6-7-13)17-15(18)8-9-19-11-12-4-2-1-3-5-12;/h1-5,13-14H,6-11,16H2,(H,17,18);1H. The van der Waals surface area contributed by atoms with Gasteiger partial charge in [0, 0.05) is 19.0 Å². The van der Waals surface area contributed by atoms with E-state index in [9.17, 15) is 4.79 Å². The van der Waals surface area contributed by atoms with Gasteiger partial charge in [-0.25, -0.2) is 0 Å². The zero-order valence-electron chi connectivity index (χ0n) is 11.6. The average Bonchev–Trinajstić information content (AvgIpc) is 3.27. The summed E-state index contributed by atoms with van der Waals surface area (Å²) in [5, 5.41) is 2.98. The first kappa shape index (κ1) is 17.0. The van der Waals surface area contributed by atoms with Crippen molar-refractivity contribution >= 4 is 18.3 Å². The Hall–Kier alpha value is -1.10. The summed E-state index contributed by atoms with van der Waals surface area (Å²) in [7, 11) is 0. The van der Waals surface area contributed by atoms with E-state index in [-0.39, 0.29) is 24.4 Å². The fourth-order valence-electron chi connectivity index (χ4n) is 2.08. The van der Waals surface area contributed by atoms with Crippen LogP contribution in [0, 0.1) is 5.92 Å². The maximum atomic E-state index is 11.7. The van der Waals surface area contributed by atoms with Crippen LogP contribution in [0.1, 0.15) is 24.8 Å². The Bertz CT molecular complexity index is 396. The number of carbonyl (C=O) groups excluding carboxylic acids is 1. The van der Waals surface area contributed by atoms with E-state index >= 15 is 0 Å². The normalized spacial score (nSPS) is 15.2. The van der Waals surface area contributed by atoms with Gasteiger partial charge in [-0.2, -0.15) is 0 Å². The highest BCUT2D eigenvalue weighted by Gasteiger charge is 2.30. The van der Waals surface area contributed by atoms with Gasteiger partial charge < -0.3 is 15.8 Å². The molecule has 0 aliphatic heterocycles. The third kappa shape index (κ3) is 5.90. The number of amides is 1. The number of nitrogens with two attached hydrogens (primary N) is 1. The largest absolute Gasteiger partial charge is 0.376 e. The molecule has 1 aliphatic carbocycles. The summed E-state index contributed by atoms with van der Waals surface area (Å²) in [6.45, 7) is 1.53. The molecule has 0 saturated heterocycles. The van der Waals surface area contributed by atoms with E-state index in [1.807, 2.05) is 30.3 Å². The van der Waals surface area contributed by atoms with Gasteiger partial charge in [0.1, 0.15) is 0 Å². The molecule has 1 fully saturated rings. The Kier molecular flexibility index (Phi) is 7.59. The first-order chi connectivity index (χ1) is 9.29. The lowest BCUT2D eigenvalue weighted by molar-refractivity contribution is -0.123. The topological polar surface area (TPSA) is 64.3 Å². The molecule has 0 heterocycles. The summed E-state index contributed by atoms with van der Waals surface area (Å²) in [4.78, 5) is 11.7. The Balaban J connectivity index is 0.00000200. The minimum absolute atomic E-state index is 0. The van der Waals surface area contributed by atoms with Crippen LogP contribution in [-0.2, 0) is 16.1 Å². The fraction of sp³-hybridized carbons (Fsp3) is 0.533. The van der Waals surface area contributed by atoms with Crippen molar-refractivity contribution in [2.45, 2.75) is 31.9 Å². The molecule has 1 unspecified atom stereocenters. The zero-order valence-corrected chi connectivity index (χ0v) is 12.4. The number of benzene rings is 1. The summed E-state index contributed by atoms with van der Waals surface area (Å²) in [6.07, 6.45) is 2.77. The molecule has 0 bridgehead atoms. The molecule has 0 aromatic heterocycles. The van der Waals surface area contributed by atoms with Gasteiger partial charge in [-0.05, 0) is 24.3 Å². The molecule has 0 radical (unpaired) electrons. The molecule has 5 heteroatoms. The number of ether oxygens (including phenoxy) is 1. The number of carbonyl (C=O) groups is 1. The molecule has 0 spiro atoms. The van der Waals surface area contributed by atoms with Gasteiger partial charge in [0.05, 0.1) is 13.2 Å². The van der Waals surface area contributed by atoms with Crippen molar-refractivity contribution in [1.29, 1.82) is 0 Å². The molecule has 112 valence electrons. The third-order valence-electron chi connectivity index (χ3n) is 3.38. The van der Waals surface area contributed by atoms with Crippen LogP contribution in [-0.4, -0.2) is 25.1 Å². The lowest BCUT2D eigenvalue weighted by atomic mass is 10.2. The Morgan fingerprint density at radius 3 is 2.65 bits per heavy atom. The van der Waals surface area contributed by atoms with Gasteiger partial charge in [0.2, 0.25) is 5.91 Å². The van der Waals surface area contributed by atoms with Crippen LogP contribution < -0.4 is 11.1 Å². The minimum Gasteiger partial charge on any atom is -0.376 e. The lowest BCUT2D eigenvalue weighted by Gasteiger charge is -2.15. The minimum atomic E-state index is 0. The van der Waals surface area contributed by atoms with Crippen molar-refractivity contribution in [1.82, 2.24) is 5.32 Å². The fourth-order valence-corrected chi connectivity index (χ4v) is 2.08. The van der Waals surface area contributed by atoms with Crippen LogP contribution in [0.3, 0.4) is 0 Å². The van der Waals surface area contributed by atoms with Crippen LogP contribution in [0.4, 0.5) is 0 Å². The van der Waals surface area contributed by atoms with Crippen LogP contribution in [0.5, 0.6) is 0 Å². The van der Waals surface area contributed by atoms with Gasteiger partial charge in [0.15, 0.2) is 0 Å². The predicted octanol–water partition coefficient (Wildman–Crippen LogP) is 1.87. The van der Waals surface area contributed by atoms with Crippen molar-refractivity contribution in [3.8, 4) is 0 Å². The number of rotatable bonds is 8. The van der Waals surface area contributed by atoms with Crippen molar-refractivity contribution in [3.63, 3.8) is 0 Å². The molecule has 1 amide bonds. The monoisotopic (exact) mass is 298 g/mol. The third-order valence-corrected chi connectivity index (χ3v) is 3.38. The highest BCUT2D eigenvalue weighted by molar-refractivity contribution is 5.85. The van der Waals surface area contributed by atoms with E-state index in [1.54, 1.807) is 0 Å². The maximum absolute atomic E-state index is 11.7. The van der Waals surface area contributed by atoms with Crippen molar-refractivity contribution in [3.05, 3.63) is 35.9 Å². The summed E-state index contributed by atoms with van der Waals surface area (Å²) in [5.41, 5.74) is 6.77. The van der Waals surface area contributed by atoms with Crippen LogP contribution in [0.15, 0.2) is 30.3 Å². The SMILES string of the molecule is Cl.NCC(NC(=O)CCOCc1ccccc1)C1CC1. The van der Waals surface area contributed by atoms with Gasteiger partial charge in [-0.15, -0.1) is 12.4 Å². The van der Waals surface area contributed by atoms with Crippen LogP contribution >= 0.6 is 12.4 Å². The van der Waals surface area contributed by atoms with Crippen molar-refractivity contribution in [2.75, 3.05) is 13.2 Å². The summed E-state index contributed by atoms with van der Waals surface area (Å²) < 4.78 is 5.49. The number of nitrogens with one attached hydrogen (secondary N) is 1. The molecule has 1 aliphatic rings. The summed E-state index contributed by atoms with van der Waals surface area (Å²) >= 11 is 0. The van der Waals surface area contributed by atoms with Gasteiger partial charge in [-0.3, -0.25) is 4.79 Å². The zero-order chi connectivity index (χ0) is 13.5. The van der Waals surface area contributed by atoms with Crippen LogP contribution in [0.25, 0.3) is 0 Å². The second kappa shape index (κ2) is 8.95. The van der Waals surface area contributed by atoms with Gasteiger partial charge in [0.25, 0.3) is 0 Å². The Labute approximate surface area is 126 Å². The van der Waals surface area contributed by atoms with E-state index in [1.165, 1.54) is 12.8 Å². The molecule has 1 aromatic carbocycles. The lowest BCUT2D eigenvalue weighted by Crippen LogP contribution is -2.42. The molecule has 1 saturated carbocycles. The van der Waals surface area contributed by atoms with E-state index in [4.69, 9.17) is 10.5 Å². The smallest absolute Gasteiger partial charge is 0.222 e. The van der Waals surface area contributed by atoms with Gasteiger partial charge >= 0.3 is 0 Å². The van der Waals surface area contributed by atoms with Crippen molar-refractivity contribution in [2.24, 2.45) is 11.7 Å². The Morgan fingerprint density at radius 2 is 2.05 bits per heavy atom. The van der Waals surface area contributed by atoms with E-state index in [0.29, 0.717) is 32.1 Å². The molecule has 2 rings (SSSR count). The quantitative estimate of drug-likeness (QED) is 0.720. The number of hydrogen-bond donors (Lipinski definition) is 2. The Morgan fingerprint density at radius 1 is 1.35 bits per heavy atom. The predicted molar refractivity (Wildman–Crippen MR) is 81.7 cm³/mol. The maximum Gasteiger partial charge on any atom is 0.222 e. The van der Waals surface area contributed by atoms with Crippen LogP contribution in [0.2, 0.25) is 0 Å². The molecule has 20 heavy (non-hydrogen) atoms. The van der Waals surface area contributed by atoms with E-state index < -0.39 is 0 Å². The second-order valence-electron chi connectivity index (χ2n) is 5.04. The second-order valence-corrected chi connectivity index (χ2v) is 5.04. The highest BCUT2D eigenvalue weighted by Crippen LogP contribution is 2.32. The first-order valence-electron chi connectivity index (χ1n) is 6.90. The van der Waals surface area contributed by atoms with E-state index in [2.05, 4.69) is 5.32 Å². The number of halogens is 1. The molecule has 3 N–H and O–H groups in total. The average molecular weight is 299 g/mol. The number of hydrogen-bond acceptors (Lipinski definition) is 3. The van der Waals surface area contributed by atoms with Gasteiger partial charge in [-0.1, -0.05) is 30.3 Å². The summed E-state index contributed by atoms with van der Waals surface area (Å²) in [6, 6.07) is 10.1. The highest BCUT2D eigenvalue weighted by atomic mass is 35.5. The van der Waals surface area contributed by atoms with Crippen molar-refractivity contribution < 1.29 is 9.53 Å².